The molecule has 1 aliphatic heterocycles. The number of urea groups is 1. The fraction of sp³-hybridized carbons (Fsp3) is 0.312. The minimum absolute atomic E-state index is 0.0417. The van der Waals surface area contributed by atoms with E-state index in [0.717, 1.165) is 17.7 Å². The molecule has 6 nitrogen and oxygen atoms in total. The van der Waals surface area contributed by atoms with Crippen LogP contribution < -0.4 is 10.1 Å². The number of nitrogens with one attached hydrogen (secondary N) is 1. The Hall–Kier alpha value is -2.63. The van der Waals surface area contributed by atoms with E-state index in [1.165, 1.54) is 0 Å². The molecule has 0 saturated carbocycles. The molecule has 2 aromatic rings. The van der Waals surface area contributed by atoms with Crippen molar-refractivity contribution in [2.75, 3.05) is 18.4 Å². The maximum Gasteiger partial charge on any atom is 0.321 e. The van der Waals surface area contributed by atoms with Crippen LogP contribution in [0.4, 0.5) is 10.5 Å². The number of hydrogen-bond donors (Lipinski definition) is 1. The SMILES string of the molecule is Cc1cccc(NC(=O)N2CCC(Oc3cnccn3)C2)c1. The zero-order valence-electron chi connectivity index (χ0n) is 12.4. The Morgan fingerprint density at radius 1 is 1.41 bits per heavy atom. The largest absolute Gasteiger partial charge is 0.471 e. The van der Waals surface area contributed by atoms with E-state index in [1.807, 2.05) is 31.2 Å². The van der Waals surface area contributed by atoms with Crippen LogP contribution >= 0.6 is 0 Å². The normalized spacial score (nSPS) is 17.3. The lowest BCUT2D eigenvalue weighted by Gasteiger charge is -2.17. The summed E-state index contributed by atoms with van der Waals surface area (Å²) in [6.45, 7) is 3.22. The summed E-state index contributed by atoms with van der Waals surface area (Å²) in [6.07, 6.45) is 5.52. The molecule has 1 fully saturated rings. The van der Waals surface area contributed by atoms with E-state index < -0.39 is 0 Å². The molecule has 22 heavy (non-hydrogen) atoms. The van der Waals surface area contributed by atoms with Gasteiger partial charge in [-0.05, 0) is 24.6 Å². The van der Waals surface area contributed by atoms with Gasteiger partial charge in [0, 0.05) is 31.0 Å². The van der Waals surface area contributed by atoms with E-state index in [9.17, 15) is 4.79 Å². The highest BCUT2D eigenvalue weighted by Crippen LogP contribution is 2.17. The van der Waals surface area contributed by atoms with Crippen molar-refractivity contribution in [3.63, 3.8) is 0 Å². The van der Waals surface area contributed by atoms with E-state index in [0.29, 0.717) is 19.0 Å². The van der Waals surface area contributed by atoms with Gasteiger partial charge in [-0.3, -0.25) is 4.98 Å². The number of ether oxygens (including phenoxy) is 1. The first-order valence-corrected chi connectivity index (χ1v) is 7.26. The number of nitrogens with zero attached hydrogens (tertiary/aromatic N) is 3. The Labute approximate surface area is 129 Å². The van der Waals surface area contributed by atoms with Crippen molar-refractivity contribution in [1.82, 2.24) is 14.9 Å². The molecule has 1 aromatic carbocycles. The Bertz CT molecular complexity index is 648. The molecule has 2 amide bonds. The minimum Gasteiger partial charge on any atom is -0.471 e. The van der Waals surface area contributed by atoms with Gasteiger partial charge >= 0.3 is 6.03 Å². The third-order valence-corrected chi connectivity index (χ3v) is 3.53. The number of carbonyl (C=O) groups is 1. The van der Waals surface area contributed by atoms with Crippen LogP contribution in [0.5, 0.6) is 5.88 Å². The molecule has 3 rings (SSSR count). The summed E-state index contributed by atoms with van der Waals surface area (Å²) in [5.41, 5.74) is 1.92. The number of likely N-dealkylation sites (tertiary alicyclic amines) is 1. The number of carbonyl (C=O) groups excluding carboxylic acids is 1. The molecule has 114 valence electrons. The Morgan fingerprint density at radius 2 is 2.32 bits per heavy atom. The number of amides is 2. The monoisotopic (exact) mass is 298 g/mol. The van der Waals surface area contributed by atoms with Crippen LogP contribution in [-0.4, -0.2) is 40.1 Å². The van der Waals surface area contributed by atoms with Crippen molar-refractivity contribution >= 4 is 11.7 Å². The summed E-state index contributed by atoms with van der Waals surface area (Å²) in [6, 6.07) is 7.65. The number of benzene rings is 1. The summed E-state index contributed by atoms with van der Waals surface area (Å²) >= 11 is 0. The van der Waals surface area contributed by atoms with Gasteiger partial charge in [0.15, 0.2) is 0 Å². The molecule has 0 aliphatic carbocycles. The highest BCUT2D eigenvalue weighted by Gasteiger charge is 2.28. The minimum atomic E-state index is -0.101. The third kappa shape index (κ3) is 3.52. The van der Waals surface area contributed by atoms with Crippen LogP contribution in [0.1, 0.15) is 12.0 Å². The molecule has 1 N–H and O–H groups in total. The third-order valence-electron chi connectivity index (χ3n) is 3.53. The van der Waals surface area contributed by atoms with Crippen LogP contribution in [0.15, 0.2) is 42.9 Å². The molecule has 1 atom stereocenters. The number of anilines is 1. The van der Waals surface area contributed by atoms with Crippen molar-refractivity contribution in [3.8, 4) is 5.88 Å². The molecule has 1 aromatic heterocycles. The smallest absolute Gasteiger partial charge is 0.321 e. The fourth-order valence-electron chi connectivity index (χ4n) is 2.45. The lowest BCUT2D eigenvalue weighted by molar-refractivity contribution is 0.189. The second-order valence-corrected chi connectivity index (χ2v) is 5.32. The standard InChI is InChI=1S/C16H18N4O2/c1-12-3-2-4-13(9-12)19-16(21)20-8-5-14(11-20)22-15-10-17-6-7-18-15/h2-4,6-7,9-10,14H,5,8,11H2,1H3,(H,19,21). The predicted octanol–water partition coefficient (Wildman–Crippen LogP) is 2.47. The van der Waals surface area contributed by atoms with Crippen molar-refractivity contribution in [2.24, 2.45) is 0 Å². The fourth-order valence-corrected chi connectivity index (χ4v) is 2.45. The number of rotatable bonds is 3. The van der Waals surface area contributed by atoms with Gasteiger partial charge in [0.1, 0.15) is 6.10 Å². The van der Waals surface area contributed by atoms with Gasteiger partial charge in [0.25, 0.3) is 0 Å². The molecule has 0 radical (unpaired) electrons. The van der Waals surface area contributed by atoms with Crippen LogP contribution in [-0.2, 0) is 0 Å². The van der Waals surface area contributed by atoms with Gasteiger partial charge in [-0.15, -0.1) is 0 Å². The van der Waals surface area contributed by atoms with Crippen molar-refractivity contribution in [1.29, 1.82) is 0 Å². The Morgan fingerprint density at radius 3 is 3.09 bits per heavy atom. The molecule has 2 heterocycles. The van der Waals surface area contributed by atoms with Gasteiger partial charge in [-0.25, -0.2) is 9.78 Å². The first kappa shape index (κ1) is 14.3. The molecule has 0 spiro atoms. The number of hydrogen-bond acceptors (Lipinski definition) is 4. The van der Waals surface area contributed by atoms with Crippen LogP contribution in [0.3, 0.4) is 0 Å². The van der Waals surface area contributed by atoms with Gasteiger partial charge < -0.3 is 15.0 Å². The van der Waals surface area contributed by atoms with E-state index in [2.05, 4.69) is 15.3 Å². The van der Waals surface area contributed by atoms with Crippen LogP contribution in [0.2, 0.25) is 0 Å². The zero-order chi connectivity index (χ0) is 15.4. The second-order valence-electron chi connectivity index (χ2n) is 5.32. The summed E-state index contributed by atoms with van der Waals surface area (Å²) < 4.78 is 5.73. The first-order valence-electron chi connectivity index (χ1n) is 7.26. The molecular weight excluding hydrogens is 280 g/mol. The Kier molecular flexibility index (Phi) is 4.18. The summed E-state index contributed by atoms with van der Waals surface area (Å²) in [5.74, 6) is 0.494. The lowest BCUT2D eigenvalue weighted by atomic mass is 10.2. The van der Waals surface area contributed by atoms with Crippen molar-refractivity contribution in [3.05, 3.63) is 48.4 Å². The van der Waals surface area contributed by atoms with Gasteiger partial charge in [-0.2, -0.15) is 0 Å². The van der Waals surface area contributed by atoms with E-state index >= 15 is 0 Å². The quantitative estimate of drug-likeness (QED) is 0.945. The number of aromatic nitrogens is 2. The second kappa shape index (κ2) is 6.43. The van der Waals surface area contributed by atoms with Crippen LogP contribution in [0.25, 0.3) is 0 Å². The molecule has 6 heteroatoms. The average Bonchev–Trinajstić information content (AvgIpc) is 2.97. The van der Waals surface area contributed by atoms with Crippen LogP contribution in [0, 0.1) is 6.92 Å². The maximum absolute atomic E-state index is 12.3. The Balaban J connectivity index is 1.55. The summed E-state index contributed by atoms with van der Waals surface area (Å²) in [5, 5.41) is 2.91. The highest BCUT2D eigenvalue weighted by molar-refractivity contribution is 5.89. The molecule has 1 saturated heterocycles. The van der Waals surface area contributed by atoms with Crippen molar-refractivity contribution < 1.29 is 9.53 Å². The highest BCUT2D eigenvalue weighted by atomic mass is 16.5. The van der Waals surface area contributed by atoms with E-state index in [1.54, 1.807) is 23.5 Å². The average molecular weight is 298 g/mol. The summed E-state index contributed by atoms with van der Waals surface area (Å²) in [4.78, 5) is 22.1. The van der Waals surface area contributed by atoms with Gasteiger partial charge in [0.05, 0.1) is 12.7 Å². The predicted molar refractivity (Wildman–Crippen MR) is 82.8 cm³/mol. The van der Waals surface area contributed by atoms with Gasteiger partial charge in [-0.1, -0.05) is 12.1 Å². The molecule has 1 unspecified atom stereocenters. The summed E-state index contributed by atoms with van der Waals surface area (Å²) in [7, 11) is 0. The molecule has 0 bridgehead atoms. The maximum atomic E-state index is 12.3. The van der Waals surface area contributed by atoms with Crippen molar-refractivity contribution in [2.45, 2.75) is 19.4 Å². The number of aryl methyl sites for hydroxylation is 1. The first-order chi connectivity index (χ1) is 10.7. The molecular formula is C16H18N4O2. The zero-order valence-corrected chi connectivity index (χ0v) is 12.4. The lowest BCUT2D eigenvalue weighted by Crippen LogP contribution is -2.34. The molecule has 1 aliphatic rings. The van der Waals surface area contributed by atoms with E-state index in [-0.39, 0.29) is 12.1 Å². The topological polar surface area (TPSA) is 67.4 Å². The van der Waals surface area contributed by atoms with Gasteiger partial charge in [0.2, 0.25) is 5.88 Å². The van der Waals surface area contributed by atoms with E-state index in [4.69, 9.17) is 4.74 Å².